The van der Waals surface area contributed by atoms with E-state index in [4.69, 9.17) is 5.73 Å². The predicted molar refractivity (Wildman–Crippen MR) is 74.3 cm³/mol. The maximum absolute atomic E-state index is 11.8. The average molecular weight is 259 g/mol. The molecule has 0 aromatic heterocycles. The van der Waals surface area contributed by atoms with Crippen LogP contribution in [0.1, 0.15) is 33.6 Å². The number of amides is 1. The number of rotatable bonds is 9. The Morgan fingerprint density at radius 1 is 1.33 bits per heavy atom. The molecule has 0 aromatic rings. The second kappa shape index (κ2) is 8.45. The SMILES string of the molecule is CCN(CCC(=O)N(C)CCCN)CC(C)(C)O. The molecule has 3 N–H and O–H groups in total. The minimum absolute atomic E-state index is 0.137. The van der Waals surface area contributed by atoms with Gasteiger partial charge in [0.25, 0.3) is 0 Å². The molecule has 0 heterocycles. The highest BCUT2D eigenvalue weighted by Crippen LogP contribution is 2.05. The van der Waals surface area contributed by atoms with Gasteiger partial charge in [-0.2, -0.15) is 0 Å². The molecule has 0 aliphatic rings. The Kier molecular flexibility index (Phi) is 8.15. The number of nitrogens with two attached hydrogens (primary N) is 1. The van der Waals surface area contributed by atoms with Crippen LogP contribution in [0.25, 0.3) is 0 Å². The number of aliphatic hydroxyl groups is 1. The van der Waals surface area contributed by atoms with Crippen LogP contribution in [0.3, 0.4) is 0 Å². The number of hydrogen-bond donors (Lipinski definition) is 2. The molecule has 1 amide bonds. The summed E-state index contributed by atoms with van der Waals surface area (Å²) in [5.41, 5.74) is 4.70. The zero-order valence-electron chi connectivity index (χ0n) is 12.3. The maximum atomic E-state index is 11.8. The molecule has 108 valence electrons. The van der Waals surface area contributed by atoms with E-state index in [1.54, 1.807) is 18.7 Å². The van der Waals surface area contributed by atoms with Crippen LogP contribution in [0.5, 0.6) is 0 Å². The van der Waals surface area contributed by atoms with Gasteiger partial charge in [-0.25, -0.2) is 0 Å². The highest BCUT2D eigenvalue weighted by Gasteiger charge is 2.18. The molecule has 0 rings (SSSR count). The third-order valence-electron chi connectivity index (χ3n) is 2.82. The van der Waals surface area contributed by atoms with Crippen molar-refractivity contribution in [2.75, 3.05) is 39.8 Å². The van der Waals surface area contributed by atoms with Crippen molar-refractivity contribution in [3.63, 3.8) is 0 Å². The van der Waals surface area contributed by atoms with Crippen molar-refractivity contribution in [3.8, 4) is 0 Å². The van der Waals surface area contributed by atoms with E-state index in [2.05, 4.69) is 4.90 Å². The number of hydrogen-bond acceptors (Lipinski definition) is 4. The van der Waals surface area contributed by atoms with E-state index in [1.807, 2.05) is 14.0 Å². The van der Waals surface area contributed by atoms with Gasteiger partial charge < -0.3 is 20.6 Å². The molecular formula is C13H29N3O2. The smallest absolute Gasteiger partial charge is 0.223 e. The molecule has 0 unspecified atom stereocenters. The number of likely N-dealkylation sites (N-methyl/N-ethyl adjacent to an activating group) is 1. The summed E-state index contributed by atoms with van der Waals surface area (Å²) in [6.07, 6.45) is 1.33. The zero-order chi connectivity index (χ0) is 14.2. The molecule has 0 fully saturated rings. The summed E-state index contributed by atoms with van der Waals surface area (Å²) in [4.78, 5) is 15.6. The molecule has 0 spiro atoms. The lowest BCUT2D eigenvalue weighted by Crippen LogP contribution is -2.40. The standard InChI is InChI=1S/C13H29N3O2/c1-5-16(11-13(2,3)18)10-7-12(17)15(4)9-6-8-14/h18H,5-11,14H2,1-4H3. The number of nitrogens with zero attached hydrogens (tertiary/aromatic N) is 2. The van der Waals surface area contributed by atoms with Crippen LogP contribution in [0.4, 0.5) is 0 Å². The van der Waals surface area contributed by atoms with Crippen LogP contribution >= 0.6 is 0 Å². The van der Waals surface area contributed by atoms with E-state index in [0.29, 0.717) is 32.6 Å². The first kappa shape index (κ1) is 17.4. The molecule has 18 heavy (non-hydrogen) atoms. The van der Waals surface area contributed by atoms with Gasteiger partial charge in [0.1, 0.15) is 0 Å². The van der Waals surface area contributed by atoms with E-state index >= 15 is 0 Å². The van der Waals surface area contributed by atoms with Crippen molar-refractivity contribution >= 4 is 5.91 Å². The molecule has 5 heteroatoms. The lowest BCUT2D eigenvalue weighted by Gasteiger charge is -2.28. The van der Waals surface area contributed by atoms with Crippen molar-refractivity contribution in [2.45, 2.75) is 39.2 Å². The Balaban J connectivity index is 4.01. The van der Waals surface area contributed by atoms with Crippen LogP contribution < -0.4 is 5.73 Å². The highest BCUT2D eigenvalue weighted by atomic mass is 16.3. The van der Waals surface area contributed by atoms with E-state index in [1.165, 1.54) is 0 Å². The summed E-state index contributed by atoms with van der Waals surface area (Å²) in [6, 6.07) is 0. The Bertz CT molecular complexity index is 239. The molecule has 0 radical (unpaired) electrons. The van der Waals surface area contributed by atoms with Gasteiger partial charge >= 0.3 is 0 Å². The first-order chi connectivity index (χ1) is 8.30. The molecule has 0 bridgehead atoms. The second-order valence-corrected chi connectivity index (χ2v) is 5.39. The highest BCUT2D eigenvalue weighted by molar-refractivity contribution is 5.76. The van der Waals surface area contributed by atoms with Gasteiger partial charge in [0.2, 0.25) is 5.91 Å². The summed E-state index contributed by atoms with van der Waals surface area (Å²) in [6.45, 7) is 9.04. The first-order valence-electron chi connectivity index (χ1n) is 6.69. The van der Waals surface area contributed by atoms with Crippen LogP contribution in [0.15, 0.2) is 0 Å². The largest absolute Gasteiger partial charge is 0.389 e. The van der Waals surface area contributed by atoms with Crippen LogP contribution in [-0.4, -0.2) is 66.2 Å². The molecular weight excluding hydrogens is 230 g/mol. The van der Waals surface area contributed by atoms with E-state index in [-0.39, 0.29) is 5.91 Å². The zero-order valence-corrected chi connectivity index (χ0v) is 12.3. The fraction of sp³-hybridized carbons (Fsp3) is 0.923. The summed E-state index contributed by atoms with van der Waals surface area (Å²) >= 11 is 0. The van der Waals surface area contributed by atoms with Gasteiger partial charge in [-0.05, 0) is 33.4 Å². The van der Waals surface area contributed by atoms with Crippen LogP contribution in [0, 0.1) is 0 Å². The summed E-state index contributed by atoms with van der Waals surface area (Å²) in [7, 11) is 1.81. The van der Waals surface area contributed by atoms with E-state index in [9.17, 15) is 9.90 Å². The molecule has 0 aliphatic carbocycles. The predicted octanol–water partition coefficient (Wildman–Crippen LogP) is 0.277. The quantitative estimate of drug-likeness (QED) is 0.624. The van der Waals surface area contributed by atoms with Gasteiger partial charge in [-0.1, -0.05) is 6.92 Å². The van der Waals surface area contributed by atoms with Crippen LogP contribution in [0.2, 0.25) is 0 Å². The lowest BCUT2D eigenvalue weighted by atomic mass is 10.1. The number of carbonyl (C=O) groups is 1. The first-order valence-corrected chi connectivity index (χ1v) is 6.69. The van der Waals surface area contributed by atoms with Crippen molar-refractivity contribution in [1.29, 1.82) is 0 Å². The third-order valence-corrected chi connectivity index (χ3v) is 2.82. The molecule has 0 aliphatic heterocycles. The van der Waals surface area contributed by atoms with Gasteiger partial charge in [0.05, 0.1) is 5.60 Å². The minimum atomic E-state index is -0.718. The minimum Gasteiger partial charge on any atom is -0.389 e. The molecule has 5 nitrogen and oxygen atoms in total. The Morgan fingerprint density at radius 3 is 2.39 bits per heavy atom. The second-order valence-electron chi connectivity index (χ2n) is 5.39. The maximum Gasteiger partial charge on any atom is 0.223 e. The van der Waals surface area contributed by atoms with E-state index in [0.717, 1.165) is 13.0 Å². The summed E-state index contributed by atoms with van der Waals surface area (Å²) in [5.74, 6) is 0.137. The average Bonchev–Trinajstić information content (AvgIpc) is 2.29. The monoisotopic (exact) mass is 259 g/mol. The Hall–Kier alpha value is -0.650. The normalized spacial score (nSPS) is 11.9. The molecule has 0 aromatic carbocycles. The third kappa shape index (κ3) is 8.44. The number of carbonyl (C=O) groups excluding carboxylic acids is 1. The van der Waals surface area contributed by atoms with Crippen molar-refractivity contribution in [2.24, 2.45) is 5.73 Å². The fourth-order valence-electron chi connectivity index (χ4n) is 1.79. The summed E-state index contributed by atoms with van der Waals surface area (Å²) < 4.78 is 0. The fourth-order valence-corrected chi connectivity index (χ4v) is 1.79. The summed E-state index contributed by atoms with van der Waals surface area (Å²) in [5, 5.41) is 9.76. The van der Waals surface area contributed by atoms with Gasteiger partial charge in [0.15, 0.2) is 0 Å². The van der Waals surface area contributed by atoms with E-state index < -0.39 is 5.60 Å². The van der Waals surface area contributed by atoms with Crippen molar-refractivity contribution < 1.29 is 9.90 Å². The van der Waals surface area contributed by atoms with Gasteiger partial charge in [-0.15, -0.1) is 0 Å². The molecule has 0 saturated carbocycles. The lowest BCUT2D eigenvalue weighted by molar-refractivity contribution is -0.130. The van der Waals surface area contributed by atoms with Crippen LogP contribution in [-0.2, 0) is 4.79 Å². The van der Waals surface area contributed by atoms with Crippen molar-refractivity contribution in [1.82, 2.24) is 9.80 Å². The Labute approximate surface area is 111 Å². The van der Waals surface area contributed by atoms with Gasteiger partial charge in [0, 0.05) is 33.1 Å². The Morgan fingerprint density at radius 2 is 1.94 bits per heavy atom. The molecule has 0 saturated heterocycles. The topological polar surface area (TPSA) is 69.8 Å². The molecule has 0 atom stereocenters. The van der Waals surface area contributed by atoms with Crippen molar-refractivity contribution in [3.05, 3.63) is 0 Å². The van der Waals surface area contributed by atoms with Gasteiger partial charge in [-0.3, -0.25) is 4.79 Å².